The van der Waals surface area contributed by atoms with Crippen molar-refractivity contribution in [2.45, 2.75) is 19.2 Å². The summed E-state index contributed by atoms with van der Waals surface area (Å²) in [7, 11) is 1.66. The van der Waals surface area contributed by atoms with E-state index in [0.29, 0.717) is 5.75 Å². The standard InChI is InChI=1S/C18H19NO2S/c1-12-8-13(2)10-15(9-12)19-17(20)11-22-18(19)14-4-6-16(21-3)7-5-14/h4-10,18H,11H2,1-3H3/t18-/m1/s1. The third kappa shape index (κ3) is 2.83. The summed E-state index contributed by atoms with van der Waals surface area (Å²) in [5.74, 6) is 1.51. The summed E-state index contributed by atoms with van der Waals surface area (Å²) < 4.78 is 5.21. The van der Waals surface area contributed by atoms with Crippen molar-refractivity contribution < 1.29 is 9.53 Å². The molecule has 0 saturated carbocycles. The molecule has 4 heteroatoms. The van der Waals surface area contributed by atoms with Gasteiger partial charge in [0.2, 0.25) is 5.91 Å². The number of hydrogen-bond acceptors (Lipinski definition) is 3. The van der Waals surface area contributed by atoms with Crippen LogP contribution in [0, 0.1) is 13.8 Å². The number of amides is 1. The number of ether oxygens (including phenoxy) is 1. The molecule has 1 aliphatic rings. The van der Waals surface area contributed by atoms with Gasteiger partial charge in [-0.05, 0) is 54.8 Å². The summed E-state index contributed by atoms with van der Waals surface area (Å²) in [6, 6.07) is 14.2. The number of aryl methyl sites for hydroxylation is 2. The van der Waals surface area contributed by atoms with Gasteiger partial charge < -0.3 is 4.74 Å². The lowest BCUT2D eigenvalue weighted by Gasteiger charge is -2.25. The molecule has 0 unspecified atom stereocenters. The molecule has 0 bridgehead atoms. The highest BCUT2D eigenvalue weighted by atomic mass is 32.2. The second-order valence-corrected chi connectivity index (χ2v) is 6.61. The summed E-state index contributed by atoms with van der Waals surface area (Å²) in [6.45, 7) is 4.12. The summed E-state index contributed by atoms with van der Waals surface area (Å²) >= 11 is 1.67. The van der Waals surface area contributed by atoms with Crippen molar-refractivity contribution >= 4 is 23.4 Å². The van der Waals surface area contributed by atoms with E-state index in [-0.39, 0.29) is 11.3 Å². The molecule has 1 aliphatic heterocycles. The van der Waals surface area contributed by atoms with Crippen molar-refractivity contribution in [2.75, 3.05) is 17.8 Å². The maximum Gasteiger partial charge on any atom is 0.238 e. The summed E-state index contributed by atoms with van der Waals surface area (Å²) in [6.07, 6.45) is 0. The summed E-state index contributed by atoms with van der Waals surface area (Å²) in [5.41, 5.74) is 4.45. The Hall–Kier alpha value is -1.94. The Kier molecular flexibility index (Phi) is 4.12. The highest BCUT2D eigenvalue weighted by Gasteiger charge is 2.34. The minimum Gasteiger partial charge on any atom is -0.497 e. The van der Waals surface area contributed by atoms with Gasteiger partial charge in [-0.2, -0.15) is 0 Å². The van der Waals surface area contributed by atoms with Crippen LogP contribution in [-0.4, -0.2) is 18.8 Å². The first-order valence-corrected chi connectivity index (χ1v) is 8.29. The first-order valence-electron chi connectivity index (χ1n) is 7.24. The monoisotopic (exact) mass is 313 g/mol. The molecule has 0 aliphatic carbocycles. The zero-order valence-electron chi connectivity index (χ0n) is 13.0. The number of hydrogen-bond donors (Lipinski definition) is 0. The molecule has 1 amide bonds. The third-order valence-electron chi connectivity index (χ3n) is 3.75. The van der Waals surface area contributed by atoms with E-state index in [1.807, 2.05) is 29.2 Å². The Morgan fingerprint density at radius 2 is 1.73 bits per heavy atom. The quantitative estimate of drug-likeness (QED) is 0.855. The van der Waals surface area contributed by atoms with Gasteiger partial charge in [0.05, 0.1) is 12.9 Å². The smallest absolute Gasteiger partial charge is 0.238 e. The average molecular weight is 313 g/mol. The molecular weight excluding hydrogens is 294 g/mol. The number of benzene rings is 2. The molecule has 0 radical (unpaired) electrons. The van der Waals surface area contributed by atoms with Crippen LogP contribution in [0.25, 0.3) is 0 Å². The molecule has 1 atom stereocenters. The molecule has 0 N–H and O–H groups in total. The fourth-order valence-electron chi connectivity index (χ4n) is 2.81. The minimum atomic E-state index is 0.0274. The zero-order valence-corrected chi connectivity index (χ0v) is 13.8. The van der Waals surface area contributed by atoms with Crippen molar-refractivity contribution in [1.82, 2.24) is 0 Å². The van der Waals surface area contributed by atoms with Gasteiger partial charge >= 0.3 is 0 Å². The SMILES string of the molecule is COc1ccc([C@H]2SCC(=O)N2c2cc(C)cc(C)c2)cc1. The van der Waals surface area contributed by atoms with Gasteiger partial charge in [0.15, 0.2) is 0 Å². The number of carbonyl (C=O) groups is 1. The lowest BCUT2D eigenvalue weighted by atomic mass is 10.1. The van der Waals surface area contributed by atoms with Gasteiger partial charge in [0, 0.05) is 5.69 Å². The first kappa shape index (κ1) is 15.0. The zero-order chi connectivity index (χ0) is 15.7. The fourth-order valence-corrected chi connectivity index (χ4v) is 3.99. The largest absolute Gasteiger partial charge is 0.497 e. The molecule has 0 aromatic heterocycles. The lowest BCUT2D eigenvalue weighted by Crippen LogP contribution is -2.27. The van der Waals surface area contributed by atoms with Gasteiger partial charge in [-0.25, -0.2) is 0 Å². The maximum absolute atomic E-state index is 12.4. The van der Waals surface area contributed by atoms with Gasteiger partial charge in [-0.1, -0.05) is 18.2 Å². The highest BCUT2D eigenvalue weighted by molar-refractivity contribution is 8.00. The van der Waals surface area contributed by atoms with Crippen LogP contribution in [0.2, 0.25) is 0 Å². The summed E-state index contributed by atoms with van der Waals surface area (Å²) in [5, 5.41) is 0.0274. The Morgan fingerprint density at radius 1 is 1.09 bits per heavy atom. The maximum atomic E-state index is 12.4. The highest BCUT2D eigenvalue weighted by Crippen LogP contribution is 2.42. The van der Waals surface area contributed by atoms with Crippen LogP contribution in [0.1, 0.15) is 22.1 Å². The number of methoxy groups -OCH3 is 1. The molecule has 3 rings (SSSR count). The average Bonchev–Trinajstić information content (AvgIpc) is 2.88. The normalized spacial score (nSPS) is 17.9. The van der Waals surface area contributed by atoms with Crippen molar-refractivity contribution in [3.8, 4) is 5.75 Å². The van der Waals surface area contributed by atoms with Crippen molar-refractivity contribution in [2.24, 2.45) is 0 Å². The van der Waals surface area contributed by atoms with Gasteiger partial charge in [-0.3, -0.25) is 9.69 Å². The Bertz CT molecular complexity index is 676. The Labute approximate surface area is 135 Å². The van der Waals surface area contributed by atoms with Crippen molar-refractivity contribution in [1.29, 1.82) is 0 Å². The van der Waals surface area contributed by atoms with Crippen LogP contribution in [0.15, 0.2) is 42.5 Å². The molecule has 0 spiro atoms. The second kappa shape index (κ2) is 6.05. The van der Waals surface area contributed by atoms with Gasteiger partial charge in [0.25, 0.3) is 0 Å². The molecule has 2 aromatic carbocycles. The first-order chi connectivity index (χ1) is 10.6. The molecule has 3 nitrogen and oxygen atoms in total. The van der Waals surface area contributed by atoms with Crippen molar-refractivity contribution in [3.05, 3.63) is 59.2 Å². The van der Waals surface area contributed by atoms with Gasteiger partial charge in [0.1, 0.15) is 11.1 Å². The molecule has 1 saturated heterocycles. The number of carbonyl (C=O) groups excluding carboxylic acids is 1. The van der Waals surface area contributed by atoms with Crippen LogP contribution in [0.4, 0.5) is 5.69 Å². The minimum absolute atomic E-state index is 0.0274. The number of rotatable bonds is 3. The topological polar surface area (TPSA) is 29.5 Å². The summed E-state index contributed by atoms with van der Waals surface area (Å²) in [4.78, 5) is 14.3. The van der Waals surface area contributed by atoms with Crippen LogP contribution < -0.4 is 9.64 Å². The molecule has 1 heterocycles. The Morgan fingerprint density at radius 3 is 2.32 bits per heavy atom. The fraction of sp³-hybridized carbons (Fsp3) is 0.278. The third-order valence-corrected chi connectivity index (χ3v) is 4.97. The van der Waals surface area contributed by atoms with Gasteiger partial charge in [-0.15, -0.1) is 11.8 Å². The number of thioether (sulfide) groups is 1. The van der Waals surface area contributed by atoms with Crippen LogP contribution >= 0.6 is 11.8 Å². The predicted molar refractivity (Wildman–Crippen MR) is 91.6 cm³/mol. The van der Waals surface area contributed by atoms with E-state index in [0.717, 1.165) is 17.0 Å². The second-order valence-electron chi connectivity index (χ2n) is 5.55. The predicted octanol–water partition coefficient (Wildman–Crippen LogP) is 4.09. The van der Waals surface area contributed by atoms with E-state index < -0.39 is 0 Å². The molecule has 22 heavy (non-hydrogen) atoms. The lowest BCUT2D eigenvalue weighted by molar-refractivity contribution is -0.115. The Balaban J connectivity index is 1.97. The van der Waals surface area contributed by atoms with Crippen molar-refractivity contribution in [3.63, 3.8) is 0 Å². The van der Waals surface area contributed by atoms with E-state index in [4.69, 9.17) is 4.74 Å². The van der Waals surface area contributed by atoms with E-state index in [9.17, 15) is 4.79 Å². The molecule has 1 fully saturated rings. The number of nitrogens with zero attached hydrogens (tertiary/aromatic N) is 1. The number of anilines is 1. The molecular formula is C18H19NO2S. The molecule has 114 valence electrons. The van der Waals surface area contributed by atoms with E-state index in [1.54, 1.807) is 18.9 Å². The van der Waals surface area contributed by atoms with E-state index >= 15 is 0 Å². The van der Waals surface area contributed by atoms with E-state index in [2.05, 4.69) is 32.0 Å². The van der Waals surface area contributed by atoms with Crippen LogP contribution in [0.3, 0.4) is 0 Å². The van der Waals surface area contributed by atoms with Crippen LogP contribution in [-0.2, 0) is 4.79 Å². The molecule has 2 aromatic rings. The van der Waals surface area contributed by atoms with E-state index in [1.165, 1.54) is 11.1 Å². The van der Waals surface area contributed by atoms with Crippen LogP contribution in [0.5, 0.6) is 5.75 Å².